The van der Waals surface area contributed by atoms with Crippen LogP contribution < -0.4 is 5.32 Å². The van der Waals surface area contributed by atoms with Gasteiger partial charge in [-0.15, -0.1) is 0 Å². The predicted octanol–water partition coefficient (Wildman–Crippen LogP) is 2.82. The third-order valence-electron chi connectivity index (χ3n) is 3.65. The van der Waals surface area contributed by atoms with Crippen molar-refractivity contribution in [2.45, 2.75) is 46.7 Å². The van der Waals surface area contributed by atoms with Crippen LogP contribution in [0.2, 0.25) is 0 Å². The van der Waals surface area contributed by atoms with E-state index in [1.54, 1.807) is 6.26 Å². The third kappa shape index (κ3) is 4.71. The normalized spacial score (nSPS) is 15.3. The van der Waals surface area contributed by atoms with Crippen molar-refractivity contribution >= 4 is 5.91 Å². The van der Waals surface area contributed by atoms with Crippen molar-refractivity contribution in [1.29, 1.82) is 0 Å². The maximum Gasteiger partial charge on any atom is 0.234 e. The first-order valence-electron chi connectivity index (χ1n) is 6.75. The fourth-order valence-corrected chi connectivity index (χ4v) is 1.92. The van der Waals surface area contributed by atoms with Crippen molar-refractivity contribution in [1.82, 2.24) is 10.2 Å². The number of likely N-dealkylation sites (N-methyl/N-ethyl adjacent to an activating group) is 1. The van der Waals surface area contributed by atoms with Gasteiger partial charge in [-0.2, -0.15) is 0 Å². The second-order valence-electron chi connectivity index (χ2n) is 6.26. The molecule has 1 N–H and O–H groups in total. The molecule has 2 atom stereocenters. The fourth-order valence-electron chi connectivity index (χ4n) is 1.92. The number of nitrogens with zero attached hydrogens (tertiary/aromatic N) is 1. The monoisotopic (exact) mass is 266 g/mol. The van der Waals surface area contributed by atoms with E-state index in [1.807, 2.05) is 26.1 Å². The van der Waals surface area contributed by atoms with E-state index < -0.39 is 0 Å². The van der Waals surface area contributed by atoms with E-state index in [4.69, 9.17) is 4.42 Å². The van der Waals surface area contributed by atoms with Crippen LogP contribution in [0, 0.1) is 5.41 Å². The summed E-state index contributed by atoms with van der Waals surface area (Å²) >= 11 is 0. The summed E-state index contributed by atoms with van der Waals surface area (Å²) in [4.78, 5) is 14.1. The van der Waals surface area contributed by atoms with Crippen LogP contribution >= 0.6 is 0 Å². The van der Waals surface area contributed by atoms with Gasteiger partial charge in [0.1, 0.15) is 5.76 Å². The molecule has 0 aromatic carbocycles. The van der Waals surface area contributed by atoms with Gasteiger partial charge in [0.2, 0.25) is 5.91 Å². The zero-order chi connectivity index (χ0) is 14.6. The molecule has 0 saturated carbocycles. The van der Waals surface area contributed by atoms with Crippen molar-refractivity contribution < 1.29 is 9.21 Å². The topological polar surface area (TPSA) is 45.5 Å². The van der Waals surface area contributed by atoms with Gasteiger partial charge in [-0.3, -0.25) is 9.69 Å². The average Bonchev–Trinajstić information content (AvgIpc) is 2.79. The summed E-state index contributed by atoms with van der Waals surface area (Å²) < 4.78 is 5.27. The number of hydrogen-bond acceptors (Lipinski definition) is 3. The molecule has 1 aromatic heterocycles. The number of furan rings is 1. The van der Waals surface area contributed by atoms with Gasteiger partial charge in [0, 0.05) is 6.04 Å². The van der Waals surface area contributed by atoms with E-state index in [0.29, 0.717) is 12.6 Å². The molecule has 0 aliphatic carbocycles. The molecule has 0 aliphatic rings. The Hall–Kier alpha value is -1.29. The van der Waals surface area contributed by atoms with E-state index in [0.717, 1.165) is 5.76 Å². The molecule has 4 nitrogen and oxygen atoms in total. The minimum Gasteiger partial charge on any atom is -0.467 e. The lowest BCUT2D eigenvalue weighted by atomic mass is 9.87. The molecule has 0 spiro atoms. The van der Waals surface area contributed by atoms with Crippen LogP contribution in [0.5, 0.6) is 0 Å². The molecule has 1 amide bonds. The quantitative estimate of drug-likeness (QED) is 0.891. The smallest absolute Gasteiger partial charge is 0.234 e. The van der Waals surface area contributed by atoms with Crippen LogP contribution in [-0.4, -0.2) is 30.4 Å². The zero-order valence-corrected chi connectivity index (χ0v) is 12.9. The van der Waals surface area contributed by atoms with Gasteiger partial charge in [0.25, 0.3) is 0 Å². The maximum absolute atomic E-state index is 12.0. The standard InChI is InChI=1S/C15H26N2O2/c1-11(13-8-7-9-19-13)16-14(18)10-17(6)12(2)15(3,4)5/h7-9,11-12H,10H2,1-6H3,(H,16,18)/t11-,12+/m1/s1. The molecule has 0 saturated heterocycles. The molecular weight excluding hydrogens is 240 g/mol. The van der Waals surface area contributed by atoms with Crippen LogP contribution in [0.4, 0.5) is 0 Å². The third-order valence-corrected chi connectivity index (χ3v) is 3.65. The number of rotatable bonds is 5. The Morgan fingerprint density at radius 3 is 2.53 bits per heavy atom. The Labute approximate surface area is 116 Å². The van der Waals surface area contributed by atoms with Crippen LogP contribution in [0.1, 0.15) is 46.4 Å². The summed E-state index contributed by atoms with van der Waals surface area (Å²) in [5, 5.41) is 2.95. The molecule has 1 aromatic rings. The van der Waals surface area contributed by atoms with Crippen LogP contribution in [0.3, 0.4) is 0 Å². The highest BCUT2D eigenvalue weighted by Gasteiger charge is 2.25. The summed E-state index contributed by atoms with van der Waals surface area (Å²) in [5.41, 5.74) is 0.154. The maximum atomic E-state index is 12.0. The SMILES string of the molecule is C[C@H](N(C)CC(=O)N[C@H](C)c1ccco1)C(C)(C)C. The number of carbonyl (C=O) groups excluding carboxylic acids is 1. The van der Waals surface area contributed by atoms with Gasteiger partial charge >= 0.3 is 0 Å². The van der Waals surface area contributed by atoms with Gasteiger partial charge in [-0.1, -0.05) is 20.8 Å². The minimum atomic E-state index is -0.0964. The van der Waals surface area contributed by atoms with Gasteiger partial charge in [0.05, 0.1) is 18.8 Å². The Morgan fingerprint density at radius 2 is 2.05 bits per heavy atom. The van der Waals surface area contributed by atoms with Crippen molar-refractivity contribution in [3.05, 3.63) is 24.2 Å². The van der Waals surface area contributed by atoms with Crippen molar-refractivity contribution in [2.75, 3.05) is 13.6 Å². The molecule has 108 valence electrons. The van der Waals surface area contributed by atoms with E-state index >= 15 is 0 Å². The fraction of sp³-hybridized carbons (Fsp3) is 0.667. The molecule has 0 aliphatic heterocycles. The molecule has 0 fully saturated rings. The molecule has 0 bridgehead atoms. The summed E-state index contributed by atoms with van der Waals surface area (Å²) in [5.74, 6) is 0.794. The molecule has 0 radical (unpaired) electrons. The van der Waals surface area contributed by atoms with Crippen molar-refractivity contribution in [2.24, 2.45) is 5.41 Å². The summed E-state index contributed by atoms with van der Waals surface area (Å²) in [6.45, 7) is 11.0. The van der Waals surface area contributed by atoms with Crippen LogP contribution in [0.25, 0.3) is 0 Å². The van der Waals surface area contributed by atoms with E-state index in [2.05, 4.69) is 37.9 Å². The molecule has 1 rings (SSSR count). The highest BCUT2D eigenvalue weighted by atomic mass is 16.3. The predicted molar refractivity (Wildman–Crippen MR) is 76.8 cm³/mol. The number of nitrogens with one attached hydrogen (secondary N) is 1. The van der Waals surface area contributed by atoms with Gasteiger partial charge in [0.15, 0.2) is 0 Å². The first kappa shape index (κ1) is 15.8. The van der Waals surface area contributed by atoms with Crippen molar-refractivity contribution in [3.8, 4) is 0 Å². The molecular formula is C15H26N2O2. The Morgan fingerprint density at radius 1 is 1.42 bits per heavy atom. The van der Waals surface area contributed by atoms with Gasteiger partial charge < -0.3 is 9.73 Å². The minimum absolute atomic E-state index is 0.0162. The highest BCUT2D eigenvalue weighted by Crippen LogP contribution is 2.22. The van der Waals surface area contributed by atoms with E-state index in [-0.39, 0.29) is 17.4 Å². The molecule has 4 heteroatoms. The van der Waals surface area contributed by atoms with Crippen LogP contribution in [0.15, 0.2) is 22.8 Å². The first-order valence-corrected chi connectivity index (χ1v) is 6.75. The van der Waals surface area contributed by atoms with Crippen molar-refractivity contribution in [3.63, 3.8) is 0 Å². The summed E-state index contributed by atoms with van der Waals surface area (Å²) in [6, 6.07) is 3.93. The second-order valence-corrected chi connectivity index (χ2v) is 6.26. The average molecular weight is 266 g/mol. The second kappa shape index (κ2) is 6.24. The van der Waals surface area contributed by atoms with Crippen LogP contribution in [-0.2, 0) is 4.79 Å². The molecule has 1 heterocycles. The zero-order valence-electron chi connectivity index (χ0n) is 12.9. The van der Waals surface area contributed by atoms with Gasteiger partial charge in [-0.05, 0) is 38.4 Å². The Balaban J connectivity index is 2.47. The van der Waals surface area contributed by atoms with E-state index in [9.17, 15) is 4.79 Å². The Bertz CT molecular complexity index is 393. The lowest BCUT2D eigenvalue weighted by Gasteiger charge is -2.35. The van der Waals surface area contributed by atoms with Gasteiger partial charge in [-0.25, -0.2) is 0 Å². The lowest BCUT2D eigenvalue weighted by Crippen LogP contribution is -2.45. The Kier molecular flexibility index (Phi) is 5.18. The number of carbonyl (C=O) groups is 1. The first-order chi connectivity index (χ1) is 8.71. The lowest BCUT2D eigenvalue weighted by molar-refractivity contribution is -0.123. The highest BCUT2D eigenvalue weighted by molar-refractivity contribution is 5.78. The number of amides is 1. The molecule has 0 unspecified atom stereocenters. The van der Waals surface area contributed by atoms with E-state index in [1.165, 1.54) is 0 Å². The number of hydrogen-bond donors (Lipinski definition) is 1. The largest absolute Gasteiger partial charge is 0.467 e. The molecule has 19 heavy (non-hydrogen) atoms. The summed E-state index contributed by atoms with van der Waals surface area (Å²) in [7, 11) is 1.98. The summed E-state index contributed by atoms with van der Waals surface area (Å²) in [6.07, 6.45) is 1.62.